The summed E-state index contributed by atoms with van der Waals surface area (Å²) in [5.74, 6) is 1.68. The molecule has 0 amide bonds. The van der Waals surface area contributed by atoms with Gasteiger partial charge in [-0.1, -0.05) is 56.5 Å². The molecule has 0 bridgehead atoms. The molecule has 0 N–H and O–H groups in total. The van der Waals surface area contributed by atoms with Crippen LogP contribution in [0.4, 0.5) is 0 Å². The molecular weight excluding hydrogens is 310 g/mol. The minimum absolute atomic E-state index is 0.264. The van der Waals surface area contributed by atoms with Gasteiger partial charge in [-0.15, -0.1) is 10.2 Å². The van der Waals surface area contributed by atoms with Crippen molar-refractivity contribution in [2.75, 3.05) is 0 Å². The van der Waals surface area contributed by atoms with Crippen molar-refractivity contribution in [2.24, 2.45) is 0 Å². The fourth-order valence-electron chi connectivity index (χ4n) is 3.17. The Hall–Kier alpha value is -1.39. The van der Waals surface area contributed by atoms with Gasteiger partial charge in [-0.3, -0.25) is 4.90 Å². The first-order valence-electron chi connectivity index (χ1n) is 8.43. The molecule has 23 heavy (non-hydrogen) atoms. The molecule has 0 spiro atoms. The van der Waals surface area contributed by atoms with Gasteiger partial charge in [0.2, 0.25) is 11.8 Å². The van der Waals surface area contributed by atoms with Crippen molar-refractivity contribution < 1.29 is 4.42 Å². The average molecular weight is 334 g/mol. The zero-order valence-electron chi connectivity index (χ0n) is 13.8. The van der Waals surface area contributed by atoms with E-state index in [2.05, 4.69) is 35.0 Å². The fraction of sp³-hybridized carbons (Fsp3) is 0.556. The van der Waals surface area contributed by atoms with Crippen molar-refractivity contribution in [3.8, 4) is 0 Å². The van der Waals surface area contributed by atoms with Gasteiger partial charge in [0.15, 0.2) is 0 Å². The van der Waals surface area contributed by atoms with Gasteiger partial charge < -0.3 is 4.42 Å². The Bertz CT molecular complexity index is 635. The highest BCUT2D eigenvalue weighted by molar-refractivity contribution is 6.31. The number of nitrogens with zero attached hydrogens (tertiary/aromatic N) is 3. The second-order valence-corrected chi connectivity index (χ2v) is 7.03. The van der Waals surface area contributed by atoms with Crippen LogP contribution in [0.3, 0.4) is 0 Å². The molecule has 1 aliphatic rings. The second-order valence-electron chi connectivity index (χ2n) is 6.62. The van der Waals surface area contributed by atoms with E-state index in [-0.39, 0.29) is 5.92 Å². The van der Waals surface area contributed by atoms with E-state index in [1.165, 1.54) is 25.7 Å². The molecule has 1 aliphatic carbocycles. The average Bonchev–Trinajstić information content (AvgIpc) is 3.19. The van der Waals surface area contributed by atoms with Gasteiger partial charge in [0.1, 0.15) is 0 Å². The van der Waals surface area contributed by atoms with Gasteiger partial charge in [-0.25, -0.2) is 0 Å². The fourth-order valence-corrected chi connectivity index (χ4v) is 3.36. The van der Waals surface area contributed by atoms with E-state index in [4.69, 9.17) is 16.0 Å². The molecule has 3 rings (SSSR count). The SMILES string of the molecule is CC(C)c1nnc(CN(Cc2ccccc2Cl)C2CCCC2)o1. The van der Waals surface area contributed by atoms with E-state index in [0.717, 1.165) is 17.1 Å². The quantitative estimate of drug-likeness (QED) is 0.762. The summed E-state index contributed by atoms with van der Waals surface area (Å²) in [6.07, 6.45) is 5.06. The van der Waals surface area contributed by atoms with Gasteiger partial charge in [-0.05, 0) is 24.5 Å². The van der Waals surface area contributed by atoms with Crippen LogP contribution < -0.4 is 0 Å². The van der Waals surface area contributed by atoms with Gasteiger partial charge in [0.25, 0.3) is 0 Å². The zero-order valence-corrected chi connectivity index (χ0v) is 14.6. The predicted octanol–water partition coefficient (Wildman–Crippen LogP) is 4.79. The van der Waals surface area contributed by atoms with Crippen molar-refractivity contribution in [1.29, 1.82) is 0 Å². The maximum absolute atomic E-state index is 6.35. The standard InChI is InChI=1S/C18H24ClN3O/c1-13(2)18-21-20-17(23-18)12-22(15-8-4-5-9-15)11-14-7-3-6-10-16(14)19/h3,6-7,10,13,15H,4-5,8-9,11-12H2,1-2H3. The van der Waals surface area contributed by atoms with Crippen LogP contribution in [-0.2, 0) is 13.1 Å². The Kier molecular flexibility index (Phi) is 5.34. The smallest absolute Gasteiger partial charge is 0.230 e. The monoisotopic (exact) mass is 333 g/mol. The summed E-state index contributed by atoms with van der Waals surface area (Å²) in [5.41, 5.74) is 1.16. The van der Waals surface area contributed by atoms with Crippen molar-refractivity contribution in [1.82, 2.24) is 15.1 Å². The summed E-state index contributed by atoms with van der Waals surface area (Å²) in [7, 11) is 0. The highest BCUT2D eigenvalue weighted by Crippen LogP contribution is 2.28. The molecule has 1 aromatic heterocycles. The molecular formula is C18H24ClN3O. The van der Waals surface area contributed by atoms with E-state index in [1.54, 1.807) is 0 Å². The lowest BCUT2D eigenvalue weighted by Crippen LogP contribution is -2.32. The minimum atomic E-state index is 0.264. The first kappa shape index (κ1) is 16.5. The van der Waals surface area contributed by atoms with E-state index in [9.17, 15) is 0 Å². The maximum Gasteiger partial charge on any atom is 0.230 e. The van der Waals surface area contributed by atoms with Crippen LogP contribution in [0.1, 0.15) is 62.8 Å². The molecule has 1 aromatic carbocycles. The summed E-state index contributed by atoms with van der Waals surface area (Å²) in [6, 6.07) is 8.63. The van der Waals surface area contributed by atoms with E-state index in [1.807, 2.05) is 18.2 Å². The number of aromatic nitrogens is 2. The summed E-state index contributed by atoms with van der Waals surface area (Å²) in [4.78, 5) is 2.44. The third kappa shape index (κ3) is 4.12. The number of hydrogen-bond acceptors (Lipinski definition) is 4. The van der Waals surface area contributed by atoms with Crippen LogP contribution in [0.25, 0.3) is 0 Å². The van der Waals surface area contributed by atoms with Gasteiger partial charge in [0, 0.05) is 23.5 Å². The number of hydrogen-bond donors (Lipinski definition) is 0. The van der Waals surface area contributed by atoms with Crippen molar-refractivity contribution in [2.45, 2.75) is 64.6 Å². The molecule has 0 aliphatic heterocycles. The Morgan fingerprint density at radius 2 is 1.91 bits per heavy atom. The molecule has 1 heterocycles. The van der Waals surface area contributed by atoms with Crippen LogP contribution in [-0.4, -0.2) is 21.1 Å². The molecule has 4 nitrogen and oxygen atoms in total. The lowest BCUT2D eigenvalue weighted by atomic mass is 10.1. The molecule has 5 heteroatoms. The van der Waals surface area contributed by atoms with Gasteiger partial charge in [0.05, 0.1) is 6.54 Å². The van der Waals surface area contributed by atoms with Crippen LogP contribution in [0.2, 0.25) is 5.02 Å². The first-order chi connectivity index (χ1) is 11.1. The predicted molar refractivity (Wildman–Crippen MR) is 91.3 cm³/mol. The lowest BCUT2D eigenvalue weighted by Gasteiger charge is -2.27. The van der Waals surface area contributed by atoms with Crippen LogP contribution in [0.5, 0.6) is 0 Å². The van der Waals surface area contributed by atoms with Crippen molar-refractivity contribution >= 4 is 11.6 Å². The number of rotatable bonds is 6. The third-order valence-corrected chi connectivity index (χ3v) is 4.86. The molecule has 1 saturated carbocycles. The largest absolute Gasteiger partial charge is 0.424 e. The van der Waals surface area contributed by atoms with Crippen LogP contribution >= 0.6 is 11.6 Å². The maximum atomic E-state index is 6.35. The van der Waals surface area contributed by atoms with Gasteiger partial charge >= 0.3 is 0 Å². The zero-order chi connectivity index (χ0) is 16.2. The topological polar surface area (TPSA) is 42.2 Å². The summed E-state index contributed by atoms with van der Waals surface area (Å²) >= 11 is 6.35. The summed E-state index contributed by atoms with van der Waals surface area (Å²) in [6.45, 7) is 5.64. The molecule has 0 unspecified atom stereocenters. The molecule has 2 aromatic rings. The molecule has 0 radical (unpaired) electrons. The van der Waals surface area contributed by atoms with Gasteiger partial charge in [-0.2, -0.15) is 0 Å². The Morgan fingerprint density at radius 3 is 2.57 bits per heavy atom. The van der Waals surface area contributed by atoms with Crippen LogP contribution in [0, 0.1) is 0 Å². The lowest BCUT2D eigenvalue weighted by molar-refractivity contribution is 0.162. The molecule has 0 atom stereocenters. The van der Waals surface area contributed by atoms with Crippen molar-refractivity contribution in [3.63, 3.8) is 0 Å². The van der Waals surface area contributed by atoms with Crippen LogP contribution in [0.15, 0.2) is 28.7 Å². The Labute approximate surface area is 142 Å². The van der Waals surface area contributed by atoms with E-state index < -0.39 is 0 Å². The molecule has 1 fully saturated rings. The van der Waals surface area contributed by atoms with E-state index >= 15 is 0 Å². The Balaban J connectivity index is 1.76. The number of halogens is 1. The normalized spacial score (nSPS) is 15.9. The summed E-state index contributed by atoms with van der Waals surface area (Å²) < 4.78 is 5.81. The molecule has 124 valence electrons. The van der Waals surface area contributed by atoms with Crippen molar-refractivity contribution in [3.05, 3.63) is 46.6 Å². The minimum Gasteiger partial charge on any atom is -0.424 e. The first-order valence-corrected chi connectivity index (χ1v) is 8.81. The summed E-state index contributed by atoms with van der Waals surface area (Å²) in [5, 5.41) is 9.19. The third-order valence-electron chi connectivity index (χ3n) is 4.49. The number of benzene rings is 1. The highest BCUT2D eigenvalue weighted by Gasteiger charge is 2.25. The highest BCUT2D eigenvalue weighted by atomic mass is 35.5. The molecule has 0 saturated heterocycles. The Morgan fingerprint density at radius 1 is 1.17 bits per heavy atom. The van der Waals surface area contributed by atoms with E-state index in [0.29, 0.717) is 24.4 Å². The second kappa shape index (κ2) is 7.45.